The average molecular weight is 548 g/mol. The van der Waals surface area contributed by atoms with E-state index in [1.165, 1.54) is 13.1 Å². The molecule has 1 aliphatic heterocycles. The largest absolute Gasteiger partial charge is 0.383 e. The number of aliphatic imine (C=N–C) groups is 1. The first-order chi connectivity index (χ1) is 17.7. The van der Waals surface area contributed by atoms with Gasteiger partial charge in [0, 0.05) is 47.8 Å². The van der Waals surface area contributed by atoms with E-state index in [0.29, 0.717) is 19.0 Å². The maximum atomic E-state index is 12.4. The zero-order valence-corrected chi connectivity index (χ0v) is 21.7. The summed E-state index contributed by atoms with van der Waals surface area (Å²) in [5.74, 6) is 0.225. The van der Waals surface area contributed by atoms with Crippen molar-refractivity contribution in [1.82, 2.24) is 15.0 Å². The fourth-order valence-electron chi connectivity index (χ4n) is 3.71. The minimum atomic E-state index is -4.01. The summed E-state index contributed by atoms with van der Waals surface area (Å²) < 4.78 is 38.9. The van der Waals surface area contributed by atoms with E-state index < -0.39 is 22.5 Å². The Kier molecular flexibility index (Phi) is 8.02. The van der Waals surface area contributed by atoms with Crippen LogP contribution in [-0.4, -0.2) is 59.1 Å². The number of carbonyl (C=O) groups is 1. The highest BCUT2D eigenvalue weighted by Crippen LogP contribution is 2.33. The second-order valence-corrected chi connectivity index (χ2v) is 11.0. The summed E-state index contributed by atoms with van der Waals surface area (Å²) in [5.41, 5.74) is 9.08. The van der Waals surface area contributed by atoms with Crippen LogP contribution in [-0.2, 0) is 21.5 Å². The molecule has 4 rings (SSSR count). The van der Waals surface area contributed by atoms with Gasteiger partial charge in [-0.05, 0) is 40.4 Å². The Morgan fingerprint density at radius 2 is 2.08 bits per heavy atom. The van der Waals surface area contributed by atoms with Crippen molar-refractivity contribution < 1.29 is 22.7 Å². The number of hydrogen-bond acceptors (Lipinski definition) is 10. The summed E-state index contributed by atoms with van der Waals surface area (Å²) in [6.45, 7) is 0.170. The number of amidine groups is 1. The molecule has 0 unspecified atom stereocenters. The first-order valence-corrected chi connectivity index (χ1v) is 13.5. The van der Waals surface area contributed by atoms with Crippen LogP contribution in [0.25, 0.3) is 10.4 Å². The highest BCUT2D eigenvalue weighted by atomic mass is 32.2. The summed E-state index contributed by atoms with van der Waals surface area (Å²) >= 11 is 1.56. The van der Waals surface area contributed by atoms with Crippen LogP contribution in [0.5, 0.6) is 0 Å². The van der Waals surface area contributed by atoms with Gasteiger partial charge >= 0.3 is 0 Å². The number of nitrogens with one attached hydrogen (secondary N) is 3. The van der Waals surface area contributed by atoms with Crippen molar-refractivity contribution in [3.63, 3.8) is 0 Å². The Balaban J connectivity index is 1.52. The Morgan fingerprint density at radius 3 is 2.84 bits per heavy atom. The highest BCUT2D eigenvalue weighted by Gasteiger charge is 2.20. The van der Waals surface area contributed by atoms with Crippen molar-refractivity contribution in [2.75, 3.05) is 44.1 Å². The van der Waals surface area contributed by atoms with Crippen LogP contribution in [0.15, 0.2) is 52.5 Å². The van der Waals surface area contributed by atoms with Crippen molar-refractivity contribution in [2.24, 2.45) is 10.7 Å². The van der Waals surface area contributed by atoms with Gasteiger partial charge in [0.05, 0.1) is 12.1 Å². The molecular formula is C23H26FN7O4S2. The second kappa shape index (κ2) is 11.2. The van der Waals surface area contributed by atoms with E-state index in [1.54, 1.807) is 11.3 Å². The molecule has 196 valence electrons. The number of hydrogen-bond donors (Lipinski definition) is 4. The van der Waals surface area contributed by atoms with Gasteiger partial charge in [-0.15, -0.1) is 11.3 Å². The normalized spacial score (nSPS) is 13.2. The molecule has 1 aromatic carbocycles. The number of sulfonamides is 1. The van der Waals surface area contributed by atoms with E-state index >= 15 is 0 Å². The van der Waals surface area contributed by atoms with Crippen LogP contribution < -0.4 is 26.0 Å². The van der Waals surface area contributed by atoms with Crippen molar-refractivity contribution >= 4 is 44.6 Å². The molecule has 0 fully saturated rings. The SMILES string of the molecule is CNC(=O)c1cc(S(=O)(=O)NCCOF)cnc1NCc1ccc(-c2ccc3c(c2)C(N)=NCN3C)s1. The molecule has 11 nitrogen and oxygen atoms in total. The number of halogens is 1. The molecular weight excluding hydrogens is 521 g/mol. The van der Waals surface area contributed by atoms with Gasteiger partial charge in [-0.3, -0.25) is 4.79 Å². The number of pyridine rings is 1. The lowest BCUT2D eigenvalue weighted by atomic mass is 10.0. The molecule has 0 spiro atoms. The summed E-state index contributed by atoms with van der Waals surface area (Å²) in [4.78, 5) is 28.1. The monoisotopic (exact) mass is 547 g/mol. The van der Waals surface area contributed by atoms with Gasteiger partial charge in [-0.2, -0.15) is 4.94 Å². The van der Waals surface area contributed by atoms with Crippen LogP contribution in [0.1, 0.15) is 20.8 Å². The molecule has 14 heteroatoms. The summed E-state index contributed by atoms with van der Waals surface area (Å²) in [6, 6.07) is 11.3. The van der Waals surface area contributed by atoms with E-state index in [2.05, 4.69) is 30.3 Å². The third-order valence-corrected chi connectivity index (χ3v) is 8.19. The number of thiophene rings is 1. The van der Waals surface area contributed by atoms with Gasteiger partial charge in [-0.1, -0.05) is 6.07 Å². The molecule has 3 heterocycles. The molecule has 3 aromatic rings. The van der Waals surface area contributed by atoms with Crippen LogP contribution in [0, 0.1) is 0 Å². The maximum Gasteiger partial charge on any atom is 0.254 e. The first kappa shape index (κ1) is 26.5. The van der Waals surface area contributed by atoms with Crippen LogP contribution >= 0.6 is 11.3 Å². The lowest BCUT2D eigenvalue weighted by Crippen LogP contribution is -2.29. The number of anilines is 2. The first-order valence-electron chi connectivity index (χ1n) is 11.2. The number of nitrogens with two attached hydrogens (primary N) is 1. The fourth-order valence-corrected chi connectivity index (χ4v) is 5.64. The summed E-state index contributed by atoms with van der Waals surface area (Å²) in [6.07, 6.45) is 1.13. The molecule has 0 atom stereocenters. The molecule has 0 aliphatic carbocycles. The minimum Gasteiger partial charge on any atom is -0.383 e. The van der Waals surface area contributed by atoms with Gasteiger partial charge < -0.3 is 21.3 Å². The van der Waals surface area contributed by atoms with Crippen molar-refractivity contribution in [2.45, 2.75) is 11.4 Å². The number of nitrogens with zero attached hydrogens (tertiary/aromatic N) is 3. The molecule has 0 saturated carbocycles. The van der Waals surface area contributed by atoms with E-state index in [9.17, 15) is 17.7 Å². The number of amides is 1. The highest BCUT2D eigenvalue weighted by molar-refractivity contribution is 7.89. The molecule has 37 heavy (non-hydrogen) atoms. The predicted octanol–water partition coefficient (Wildman–Crippen LogP) is 2.07. The van der Waals surface area contributed by atoms with Crippen LogP contribution in [0.3, 0.4) is 0 Å². The average Bonchev–Trinajstić information content (AvgIpc) is 3.38. The number of benzene rings is 1. The Bertz CT molecular complexity index is 1440. The quantitative estimate of drug-likeness (QED) is 0.282. The Labute approximate surface area is 217 Å². The Hall–Kier alpha value is -3.59. The van der Waals surface area contributed by atoms with Gasteiger partial charge in [0.1, 0.15) is 29.8 Å². The molecule has 0 saturated heterocycles. The molecule has 1 amide bonds. The Morgan fingerprint density at radius 1 is 1.27 bits per heavy atom. The molecule has 5 N–H and O–H groups in total. The maximum absolute atomic E-state index is 12.4. The smallest absolute Gasteiger partial charge is 0.254 e. The molecule has 0 radical (unpaired) electrons. The van der Waals surface area contributed by atoms with E-state index in [-0.39, 0.29) is 22.8 Å². The lowest BCUT2D eigenvalue weighted by molar-refractivity contribution is -0.128. The van der Waals surface area contributed by atoms with Crippen LogP contribution in [0.4, 0.5) is 16.0 Å². The minimum absolute atomic E-state index is 0.0532. The van der Waals surface area contributed by atoms with Crippen LogP contribution in [0.2, 0.25) is 0 Å². The molecule has 0 bridgehead atoms. The summed E-state index contributed by atoms with van der Waals surface area (Å²) in [5, 5.41) is 5.59. The van der Waals surface area contributed by atoms with E-state index in [1.807, 2.05) is 42.3 Å². The number of fused-ring (bicyclic) bond motifs is 1. The van der Waals surface area contributed by atoms with Gasteiger partial charge in [0.2, 0.25) is 10.0 Å². The topological polar surface area (TPSA) is 151 Å². The number of rotatable bonds is 10. The fraction of sp³-hybridized carbons (Fsp3) is 0.261. The zero-order chi connectivity index (χ0) is 26.6. The molecule has 1 aliphatic rings. The van der Waals surface area contributed by atoms with E-state index in [4.69, 9.17) is 5.73 Å². The van der Waals surface area contributed by atoms with Crippen molar-refractivity contribution in [1.29, 1.82) is 0 Å². The third-order valence-electron chi connectivity index (χ3n) is 5.63. The molecule has 2 aromatic heterocycles. The second-order valence-electron chi connectivity index (χ2n) is 8.09. The standard InChI is InChI=1S/C23H26FN7O4S2/c1-26-23(32)18-10-16(37(33,34)30-7-8-35-24)12-28-22(18)27-11-15-4-6-20(36-15)14-3-5-19-17(9-14)21(25)29-13-31(19)2/h3-6,9-10,12,30H,7-8,11,13H2,1-2H3,(H2,25,29)(H,26,32)(H,27,28). The van der Waals surface area contributed by atoms with Gasteiger partial charge in [0.25, 0.3) is 5.91 Å². The van der Waals surface area contributed by atoms with Crippen molar-refractivity contribution in [3.8, 4) is 10.4 Å². The van der Waals surface area contributed by atoms with Gasteiger partial charge in [-0.25, -0.2) is 23.1 Å². The summed E-state index contributed by atoms with van der Waals surface area (Å²) in [7, 11) is -0.610. The van der Waals surface area contributed by atoms with Gasteiger partial charge in [0.15, 0.2) is 0 Å². The zero-order valence-electron chi connectivity index (χ0n) is 20.1. The third kappa shape index (κ3) is 5.88. The van der Waals surface area contributed by atoms with E-state index in [0.717, 1.165) is 32.8 Å². The number of aromatic nitrogens is 1. The predicted molar refractivity (Wildman–Crippen MR) is 141 cm³/mol. The van der Waals surface area contributed by atoms with Crippen molar-refractivity contribution in [3.05, 3.63) is 58.6 Å². The number of carbonyl (C=O) groups excluding carboxylic acids is 1. The lowest BCUT2D eigenvalue weighted by Gasteiger charge is -2.25.